The standard InChI is InChI=1S/C11H9N3O2S2/c15-9(14-11-12-2-4-17-11)8-6-18-10(13-8)7-1-3-16-5-7/h1,3,5-6H,2,4H2,(H,12,14,15). The van der Waals surface area contributed by atoms with Crippen LogP contribution in [0.4, 0.5) is 0 Å². The molecule has 1 amide bonds. The zero-order chi connectivity index (χ0) is 12.4. The van der Waals surface area contributed by atoms with Gasteiger partial charge < -0.3 is 4.42 Å². The highest BCUT2D eigenvalue weighted by molar-refractivity contribution is 8.14. The van der Waals surface area contributed by atoms with Gasteiger partial charge in [-0.15, -0.1) is 11.3 Å². The summed E-state index contributed by atoms with van der Waals surface area (Å²) < 4.78 is 4.99. The van der Waals surface area contributed by atoms with Gasteiger partial charge in [-0.3, -0.25) is 15.1 Å². The number of aromatic nitrogens is 1. The minimum absolute atomic E-state index is 0.214. The quantitative estimate of drug-likeness (QED) is 0.915. The summed E-state index contributed by atoms with van der Waals surface area (Å²) in [7, 11) is 0. The zero-order valence-corrected chi connectivity index (χ0v) is 10.9. The lowest BCUT2D eigenvalue weighted by Gasteiger charge is -1.99. The smallest absolute Gasteiger partial charge is 0.276 e. The fraction of sp³-hybridized carbons (Fsp3) is 0.182. The van der Waals surface area contributed by atoms with Crippen molar-refractivity contribution in [3.8, 4) is 10.6 Å². The fourth-order valence-electron chi connectivity index (χ4n) is 1.47. The van der Waals surface area contributed by atoms with Crippen molar-refractivity contribution in [2.75, 3.05) is 12.3 Å². The number of nitrogens with one attached hydrogen (secondary N) is 1. The molecule has 0 saturated heterocycles. The summed E-state index contributed by atoms with van der Waals surface area (Å²) in [6, 6.07) is 1.82. The van der Waals surface area contributed by atoms with Gasteiger partial charge in [0.1, 0.15) is 17.0 Å². The van der Waals surface area contributed by atoms with Gasteiger partial charge >= 0.3 is 0 Å². The van der Waals surface area contributed by atoms with Gasteiger partial charge in [0.25, 0.3) is 5.91 Å². The van der Waals surface area contributed by atoms with Gasteiger partial charge in [0, 0.05) is 16.7 Å². The van der Waals surface area contributed by atoms with Gasteiger partial charge in [0.05, 0.1) is 12.8 Å². The number of aliphatic imine (C=N–C) groups is 1. The number of rotatable bonds is 2. The predicted molar refractivity (Wildman–Crippen MR) is 72.0 cm³/mol. The number of carbonyl (C=O) groups is 1. The molecule has 0 fully saturated rings. The van der Waals surface area contributed by atoms with Gasteiger partial charge in [-0.25, -0.2) is 4.98 Å². The van der Waals surface area contributed by atoms with Crippen molar-refractivity contribution in [1.82, 2.24) is 10.3 Å². The third-order valence-electron chi connectivity index (χ3n) is 2.31. The number of amides is 1. The number of thiazole rings is 1. The van der Waals surface area contributed by atoms with Crippen molar-refractivity contribution in [3.05, 3.63) is 29.7 Å². The molecule has 0 atom stereocenters. The molecular formula is C11H9N3O2S2. The Morgan fingerprint density at radius 1 is 1.50 bits per heavy atom. The maximum Gasteiger partial charge on any atom is 0.276 e. The third-order valence-corrected chi connectivity index (χ3v) is 4.09. The van der Waals surface area contributed by atoms with Crippen LogP contribution >= 0.6 is 23.1 Å². The maximum atomic E-state index is 11.9. The van der Waals surface area contributed by atoms with E-state index < -0.39 is 0 Å². The molecule has 3 rings (SSSR count). The van der Waals surface area contributed by atoms with Crippen LogP contribution in [0.15, 0.2) is 33.4 Å². The van der Waals surface area contributed by atoms with Gasteiger partial charge in [-0.2, -0.15) is 0 Å². The summed E-state index contributed by atoms with van der Waals surface area (Å²) in [5, 5.41) is 5.93. The van der Waals surface area contributed by atoms with Crippen LogP contribution in [0.2, 0.25) is 0 Å². The molecule has 92 valence electrons. The van der Waals surface area contributed by atoms with Crippen LogP contribution in [0, 0.1) is 0 Å². The Bertz CT molecular complexity index is 589. The normalized spacial score (nSPS) is 14.6. The summed E-state index contributed by atoms with van der Waals surface area (Å²) >= 11 is 2.96. The van der Waals surface area contributed by atoms with Crippen LogP contribution in [-0.4, -0.2) is 28.4 Å². The SMILES string of the molecule is O=C(NC1=NCCS1)c1csc(-c2ccoc2)n1. The van der Waals surface area contributed by atoms with Crippen LogP contribution in [-0.2, 0) is 0 Å². The van der Waals surface area contributed by atoms with E-state index in [1.807, 2.05) is 6.07 Å². The van der Waals surface area contributed by atoms with E-state index in [1.165, 1.54) is 11.3 Å². The summed E-state index contributed by atoms with van der Waals surface area (Å²) in [4.78, 5) is 20.3. The first-order chi connectivity index (χ1) is 8.83. The summed E-state index contributed by atoms with van der Waals surface area (Å²) in [5.41, 5.74) is 1.29. The summed E-state index contributed by atoms with van der Waals surface area (Å²) in [6.45, 7) is 0.762. The Balaban J connectivity index is 1.74. The zero-order valence-electron chi connectivity index (χ0n) is 9.25. The molecule has 0 saturated carbocycles. The van der Waals surface area contributed by atoms with Crippen molar-refractivity contribution in [2.24, 2.45) is 4.99 Å². The molecule has 0 radical (unpaired) electrons. The molecule has 3 heterocycles. The molecule has 0 aliphatic carbocycles. The molecule has 0 bridgehead atoms. The Morgan fingerprint density at radius 3 is 3.17 bits per heavy atom. The lowest BCUT2D eigenvalue weighted by molar-refractivity contribution is 0.0974. The van der Waals surface area contributed by atoms with Crippen LogP contribution in [0.5, 0.6) is 0 Å². The van der Waals surface area contributed by atoms with Crippen molar-refractivity contribution in [3.63, 3.8) is 0 Å². The molecule has 0 spiro atoms. The van der Waals surface area contributed by atoms with Crippen LogP contribution in [0.25, 0.3) is 10.6 Å². The molecule has 2 aromatic rings. The Hall–Kier alpha value is -1.60. The lowest BCUT2D eigenvalue weighted by atomic mass is 10.3. The van der Waals surface area contributed by atoms with Gasteiger partial charge in [-0.1, -0.05) is 11.8 Å². The number of hydrogen-bond donors (Lipinski definition) is 1. The van der Waals surface area contributed by atoms with E-state index in [2.05, 4.69) is 15.3 Å². The highest BCUT2D eigenvalue weighted by atomic mass is 32.2. The van der Waals surface area contributed by atoms with E-state index in [0.717, 1.165) is 22.9 Å². The Labute approximate surface area is 111 Å². The van der Waals surface area contributed by atoms with Gasteiger partial charge in [-0.05, 0) is 6.07 Å². The first-order valence-electron chi connectivity index (χ1n) is 5.29. The Morgan fingerprint density at radius 2 is 2.44 bits per heavy atom. The average Bonchev–Trinajstić information content (AvgIpc) is 3.11. The van der Waals surface area contributed by atoms with Crippen molar-refractivity contribution < 1.29 is 9.21 Å². The molecule has 0 unspecified atom stereocenters. The van der Waals surface area contributed by atoms with Crippen molar-refractivity contribution in [1.29, 1.82) is 0 Å². The van der Waals surface area contributed by atoms with E-state index in [4.69, 9.17) is 4.42 Å². The van der Waals surface area contributed by atoms with E-state index in [0.29, 0.717) is 10.9 Å². The minimum Gasteiger partial charge on any atom is -0.472 e. The van der Waals surface area contributed by atoms with Crippen LogP contribution < -0.4 is 5.32 Å². The second-order valence-electron chi connectivity index (χ2n) is 3.54. The topological polar surface area (TPSA) is 67.5 Å². The monoisotopic (exact) mass is 279 g/mol. The fourth-order valence-corrected chi connectivity index (χ4v) is 2.98. The van der Waals surface area contributed by atoms with Crippen molar-refractivity contribution >= 4 is 34.2 Å². The predicted octanol–water partition coefficient (Wildman–Crippen LogP) is 2.24. The van der Waals surface area contributed by atoms with E-state index >= 15 is 0 Å². The number of hydrogen-bond acceptors (Lipinski definition) is 6. The van der Waals surface area contributed by atoms with E-state index in [1.54, 1.807) is 29.7 Å². The molecule has 7 heteroatoms. The minimum atomic E-state index is -0.214. The number of carbonyl (C=O) groups excluding carboxylic acids is 1. The van der Waals surface area contributed by atoms with Crippen LogP contribution in [0.3, 0.4) is 0 Å². The highest BCUT2D eigenvalue weighted by Crippen LogP contribution is 2.24. The molecule has 5 nitrogen and oxygen atoms in total. The highest BCUT2D eigenvalue weighted by Gasteiger charge is 2.16. The summed E-state index contributed by atoms with van der Waals surface area (Å²) in [6.07, 6.45) is 3.19. The van der Waals surface area contributed by atoms with Crippen molar-refractivity contribution in [2.45, 2.75) is 0 Å². The first-order valence-corrected chi connectivity index (χ1v) is 7.16. The number of thioether (sulfide) groups is 1. The number of nitrogens with zero attached hydrogens (tertiary/aromatic N) is 2. The second-order valence-corrected chi connectivity index (χ2v) is 5.48. The van der Waals surface area contributed by atoms with E-state index in [-0.39, 0.29) is 5.91 Å². The van der Waals surface area contributed by atoms with Gasteiger partial charge in [0.2, 0.25) is 0 Å². The average molecular weight is 279 g/mol. The molecule has 2 aromatic heterocycles. The first kappa shape index (κ1) is 11.5. The Kier molecular flexibility index (Phi) is 3.16. The van der Waals surface area contributed by atoms with Gasteiger partial charge in [0.15, 0.2) is 5.17 Å². The number of furan rings is 1. The second kappa shape index (κ2) is 4.95. The summed E-state index contributed by atoms with van der Waals surface area (Å²) in [5.74, 6) is 0.710. The molecule has 1 aliphatic rings. The van der Waals surface area contributed by atoms with E-state index in [9.17, 15) is 4.79 Å². The molecule has 1 aliphatic heterocycles. The lowest BCUT2D eigenvalue weighted by Crippen LogP contribution is -2.27. The van der Waals surface area contributed by atoms with Crippen LogP contribution in [0.1, 0.15) is 10.5 Å². The largest absolute Gasteiger partial charge is 0.472 e. The molecule has 1 N–H and O–H groups in total. The molecular weight excluding hydrogens is 270 g/mol. The third kappa shape index (κ3) is 2.32. The maximum absolute atomic E-state index is 11.9. The number of amidine groups is 1. The molecule has 0 aromatic carbocycles. The molecule has 18 heavy (non-hydrogen) atoms.